The van der Waals surface area contributed by atoms with Gasteiger partial charge in [0.1, 0.15) is 17.1 Å². The quantitative estimate of drug-likeness (QED) is 0.374. The van der Waals surface area contributed by atoms with Crippen molar-refractivity contribution in [1.29, 1.82) is 0 Å². The van der Waals surface area contributed by atoms with E-state index in [0.717, 1.165) is 14.9 Å². The van der Waals surface area contributed by atoms with E-state index in [1.165, 1.54) is 39.8 Å². The predicted molar refractivity (Wildman–Crippen MR) is 104 cm³/mol. The molecule has 0 spiro atoms. The molecule has 2 aliphatic heterocycles. The third kappa shape index (κ3) is 4.00. The Hall–Kier alpha value is -1.56. The summed E-state index contributed by atoms with van der Waals surface area (Å²) >= 11 is 4.29. The Kier molecular flexibility index (Phi) is 6.14. The summed E-state index contributed by atoms with van der Waals surface area (Å²) in [5.41, 5.74) is 7.23. The number of hydrogen-bond donors (Lipinski definition) is 2. The largest absolute Gasteiger partial charge is 0.477 e. The Balaban J connectivity index is 1.71. The number of nitrogens with zero attached hydrogens (tertiary/aromatic N) is 2. The molecule has 146 valence electrons. The van der Waals surface area contributed by atoms with Crippen molar-refractivity contribution in [3.63, 3.8) is 0 Å². The number of amides is 1. The van der Waals surface area contributed by atoms with E-state index in [-0.39, 0.29) is 29.4 Å². The molecule has 3 heterocycles. The van der Waals surface area contributed by atoms with Gasteiger partial charge in [0.15, 0.2) is 4.34 Å². The van der Waals surface area contributed by atoms with Crippen LogP contribution in [0.15, 0.2) is 15.6 Å². The second-order valence-corrected chi connectivity index (χ2v) is 9.36. The molecule has 0 radical (unpaired) electrons. The SMILES string of the molecule is CCOC(=O)Cc1sc(SCC2=C(C(=O)O)N3C(=O)C(N)[C@@H]3SC2)nc1C. The molecule has 3 rings (SSSR count). The van der Waals surface area contributed by atoms with E-state index >= 15 is 0 Å². The molecule has 27 heavy (non-hydrogen) atoms. The molecule has 1 unspecified atom stereocenters. The van der Waals surface area contributed by atoms with Crippen molar-refractivity contribution in [2.24, 2.45) is 5.73 Å². The molecule has 1 amide bonds. The summed E-state index contributed by atoms with van der Waals surface area (Å²) in [5, 5.41) is 9.26. The molecule has 8 nitrogen and oxygen atoms in total. The van der Waals surface area contributed by atoms with Crippen molar-refractivity contribution in [3.8, 4) is 0 Å². The van der Waals surface area contributed by atoms with Crippen LogP contribution in [0.2, 0.25) is 0 Å². The van der Waals surface area contributed by atoms with E-state index in [1.807, 2.05) is 6.92 Å². The van der Waals surface area contributed by atoms with Gasteiger partial charge in [0.2, 0.25) is 5.91 Å². The number of aliphatic carboxylic acids is 1. The summed E-state index contributed by atoms with van der Waals surface area (Å²) in [5.74, 6) is -0.842. The maximum atomic E-state index is 12.0. The van der Waals surface area contributed by atoms with Gasteiger partial charge in [-0.2, -0.15) is 0 Å². The molecular weight excluding hydrogens is 410 g/mol. The Bertz CT molecular complexity index is 822. The average Bonchev–Trinajstić information content (AvgIpc) is 2.97. The van der Waals surface area contributed by atoms with Gasteiger partial charge in [-0.05, 0) is 19.4 Å². The number of carboxylic acids is 1. The van der Waals surface area contributed by atoms with Crippen molar-refractivity contribution in [2.45, 2.75) is 36.0 Å². The maximum absolute atomic E-state index is 12.0. The minimum Gasteiger partial charge on any atom is -0.477 e. The first kappa shape index (κ1) is 20.2. The molecule has 0 aromatic carbocycles. The van der Waals surface area contributed by atoms with E-state index in [0.29, 0.717) is 23.7 Å². The Morgan fingerprint density at radius 2 is 2.22 bits per heavy atom. The minimum absolute atomic E-state index is 0.0398. The lowest BCUT2D eigenvalue weighted by atomic mass is 10.0. The van der Waals surface area contributed by atoms with Crippen molar-refractivity contribution in [1.82, 2.24) is 9.88 Å². The van der Waals surface area contributed by atoms with Gasteiger partial charge in [0.05, 0.1) is 18.7 Å². The summed E-state index contributed by atoms with van der Waals surface area (Å²) in [6.45, 7) is 3.93. The van der Waals surface area contributed by atoms with E-state index in [4.69, 9.17) is 10.5 Å². The summed E-state index contributed by atoms with van der Waals surface area (Å²) in [6.07, 6.45) is 0.179. The number of carbonyl (C=O) groups is 3. The second-order valence-electron chi connectivity index (χ2n) is 5.95. The van der Waals surface area contributed by atoms with Crippen LogP contribution in [0.25, 0.3) is 0 Å². The molecule has 3 N–H and O–H groups in total. The molecule has 2 atom stereocenters. The average molecular weight is 430 g/mol. The zero-order valence-corrected chi connectivity index (χ0v) is 17.2. The Labute approximate surface area is 168 Å². The molecule has 11 heteroatoms. The number of nitrogens with two attached hydrogens (primary N) is 1. The number of carboxylic acid groups (broad SMARTS) is 1. The van der Waals surface area contributed by atoms with E-state index in [1.54, 1.807) is 6.92 Å². The molecule has 1 saturated heterocycles. The lowest BCUT2D eigenvalue weighted by molar-refractivity contribution is -0.147. The third-order valence-electron chi connectivity index (χ3n) is 4.14. The van der Waals surface area contributed by atoms with Crippen LogP contribution >= 0.6 is 34.9 Å². The maximum Gasteiger partial charge on any atom is 0.352 e. The number of esters is 1. The lowest BCUT2D eigenvalue weighted by Gasteiger charge is -2.48. The van der Waals surface area contributed by atoms with Gasteiger partial charge in [0.25, 0.3) is 0 Å². The molecule has 1 aromatic heterocycles. The van der Waals surface area contributed by atoms with Crippen LogP contribution in [0.5, 0.6) is 0 Å². The predicted octanol–water partition coefficient (Wildman–Crippen LogP) is 1.23. The van der Waals surface area contributed by atoms with Crippen LogP contribution in [0.1, 0.15) is 17.5 Å². The standard InChI is InChI=1S/C16H19N3O5S3/c1-3-24-10(20)4-9-7(2)18-16(27-9)26-6-8-5-25-14-11(17)13(21)19(14)12(8)15(22)23/h11,14H,3-6,17H2,1-2H3,(H,22,23)/t11?,14-/m0/s1. The van der Waals surface area contributed by atoms with Crippen molar-refractivity contribution in [3.05, 3.63) is 21.8 Å². The number of fused-ring (bicyclic) bond motifs is 1. The number of β-lactam (4-membered cyclic amide) rings is 1. The van der Waals surface area contributed by atoms with E-state index in [2.05, 4.69) is 4.98 Å². The van der Waals surface area contributed by atoms with Crippen LogP contribution in [-0.2, 0) is 25.5 Å². The van der Waals surface area contributed by atoms with Crippen LogP contribution < -0.4 is 5.73 Å². The number of rotatable bonds is 7. The fourth-order valence-electron chi connectivity index (χ4n) is 2.81. The van der Waals surface area contributed by atoms with Crippen molar-refractivity contribution < 1.29 is 24.2 Å². The first-order valence-electron chi connectivity index (χ1n) is 8.23. The zero-order valence-electron chi connectivity index (χ0n) is 14.8. The van der Waals surface area contributed by atoms with Crippen molar-refractivity contribution in [2.75, 3.05) is 18.1 Å². The highest BCUT2D eigenvalue weighted by atomic mass is 32.2. The smallest absolute Gasteiger partial charge is 0.352 e. The highest BCUT2D eigenvalue weighted by molar-refractivity contribution is 8.01. The topological polar surface area (TPSA) is 123 Å². The summed E-state index contributed by atoms with van der Waals surface area (Å²) in [6, 6.07) is -0.634. The van der Waals surface area contributed by atoms with Gasteiger partial charge in [-0.15, -0.1) is 23.1 Å². The molecule has 0 aliphatic carbocycles. The van der Waals surface area contributed by atoms with Crippen molar-refractivity contribution >= 4 is 52.7 Å². The van der Waals surface area contributed by atoms with Crippen LogP contribution in [-0.4, -0.2) is 62.4 Å². The highest BCUT2D eigenvalue weighted by Gasteiger charge is 2.51. The zero-order chi connectivity index (χ0) is 19.7. The van der Waals surface area contributed by atoms with Crippen LogP contribution in [0, 0.1) is 6.92 Å². The Morgan fingerprint density at radius 1 is 1.48 bits per heavy atom. The monoisotopic (exact) mass is 429 g/mol. The van der Waals surface area contributed by atoms with Crippen LogP contribution in [0.4, 0.5) is 0 Å². The first-order chi connectivity index (χ1) is 12.8. The number of carbonyl (C=O) groups excluding carboxylic acids is 2. The van der Waals surface area contributed by atoms with Gasteiger partial charge in [-0.3, -0.25) is 14.5 Å². The molecular formula is C16H19N3O5S3. The highest BCUT2D eigenvalue weighted by Crippen LogP contribution is 2.41. The summed E-state index contributed by atoms with van der Waals surface area (Å²) < 4.78 is 5.72. The number of ether oxygens (including phenoxy) is 1. The normalized spacial score (nSPS) is 21.7. The fourth-order valence-corrected chi connectivity index (χ4v) is 6.46. The van der Waals surface area contributed by atoms with Gasteiger partial charge in [-0.25, -0.2) is 9.78 Å². The first-order valence-corrected chi connectivity index (χ1v) is 11.1. The van der Waals surface area contributed by atoms with E-state index < -0.39 is 12.0 Å². The molecule has 1 aromatic rings. The number of aromatic nitrogens is 1. The third-order valence-corrected chi connectivity index (χ3v) is 7.89. The van der Waals surface area contributed by atoms with Gasteiger partial charge >= 0.3 is 11.9 Å². The number of hydrogen-bond acceptors (Lipinski definition) is 9. The second kappa shape index (κ2) is 8.21. The minimum atomic E-state index is -1.12. The van der Waals surface area contributed by atoms with Gasteiger partial charge in [0, 0.05) is 16.4 Å². The molecule has 0 saturated carbocycles. The van der Waals surface area contributed by atoms with Gasteiger partial charge in [-0.1, -0.05) is 11.8 Å². The van der Waals surface area contributed by atoms with Gasteiger partial charge < -0.3 is 15.6 Å². The van der Waals surface area contributed by atoms with Crippen LogP contribution in [0.3, 0.4) is 0 Å². The Morgan fingerprint density at radius 3 is 2.89 bits per heavy atom. The molecule has 0 bridgehead atoms. The fraction of sp³-hybridized carbons (Fsp3) is 0.500. The number of thioether (sulfide) groups is 2. The number of thiazole rings is 1. The molecule has 2 aliphatic rings. The summed E-state index contributed by atoms with van der Waals surface area (Å²) in [7, 11) is 0. The molecule has 1 fully saturated rings. The summed E-state index contributed by atoms with van der Waals surface area (Å²) in [4.78, 5) is 41.9. The number of aryl methyl sites for hydroxylation is 1. The van der Waals surface area contributed by atoms with E-state index in [9.17, 15) is 19.5 Å². The lowest BCUT2D eigenvalue weighted by Crippen LogP contribution is -2.68.